The molecule has 2 aromatic rings. The van der Waals surface area contributed by atoms with Gasteiger partial charge in [0.2, 0.25) is 5.91 Å². The number of fused-ring (bicyclic) bond motifs is 1. The molecule has 6 nitrogen and oxygen atoms in total. The van der Waals surface area contributed by atoms with Crippen LogP contribution in [0.15, 0.2) is 65.2 Å². The number of nitrogens with one attached hydrogen (secondary N) is 1. The fourth-order valence-electron chi connectivity index (χ4n) is 4.44. The number of aliphatic imine (C=N–C) groups is 1. The number of nitrogens with zero attached hydrogens (tertiary/aromatic N) is 2. The van der Waals surface area contributed by atoms with Gasteiger partial charge in [-0.3, -0.25) is 4.79 Å². The Morgan fingerprint density at radius 3 is 2.57 bits per heavy atom. The molecule has 0 aromatic heterocycles. The number of hydrogen-bond acceptors (Lipinski definition) is 6. The van der Waals surface area contributed by atoms with Crippen LogP contribution in [0.25, 0.3) is 5.70 Å². The summed E-state index contributed by atoms with van der Waals surface area (Å²) in [6.45, 7) is 5.06. The average Bonchev–Trinajstić information content (AvgIpc) is 2.89. The van der Waals surface area contributed by atoms with Gasteiger partial charge in [0.15, 0.2) is 5.17 Å². The lowest BCUT2D eigenvalue weighted by Crippen LogP contribution is -2.42. The Labute approximate surface area is 211 Å². The quantitative estimate of drug-likeness (QED) is 0.343. The van der Waals surface area contributed by atoms with Crippen molar-refractivity contribution in [3.63, 3.8) is 0 Å². The fourth-order valence-corrected chi connectivity index (χ4v) is 5.42. The van der Waals surface area contributed by atoms with Gasteiger partial charge in [0.05, 0.1) is 23.9 Å². The van der Waals surface area contributed by atoms with E-state index in [4.69, 9.17) is 9.73 Å². The van der Waals surface area contributed by atoms with Crippen molar-refractivity contribution >= 4 is 40.2 Å². The van der Waals surface area contributed by atoms with Crippen molar-refractivity contribution in [1.82, 2.24) is 4.90 Å². The highest BCUT2D eigenvalue weighted by molar-refractivity contribution is 8.13. The number of benzene rings is 2. The number of thioether (sulfide) groups is 1. The average molecular weight is 492 g/mol. The lowest BCUT2D eigenvalue weighted by molar-refractivity contribution is -0.139. The maximum absolute atomic E-state index is 13.3. The minimum absolute atomic E-state index is 0.0317. The molecule has 2 aliphatic heterocycles. The van der Waals surface area contributed by atoms with Crippen LogP contribution < -0.4 is 5.32 Å². The van der Waals surface area contributed by atoms with Crippen molar-refractivity contribution < 1.29 is 14.3 Å². The van der Waals surface area contributed by atoms with Gasteiger partial charge in [-0.15, -0.1) is 0 Å². The maximum Gasteiger partial charge on any atom is 0.338 e. The Balaban J connectivity index is 1.70. The third-order valence-corrected chi connectivity index (χ3v) is 7.20. The molecular formula is C28H33N3O3S. The molecule has 184 valence electrons. The van der Waals surface area contributed by atoms with Gasteiger partial charge in [0, 0.05) is 30.0 Å². The fraction of sp³-hybridized carbons (Fsp3) is 0.393. The van der Waals surface area contributed by atoms with Crippen molar-refractivity contribution in [1.29, 1.82) is 0 Å². The van der Waals surface area contributed by atoms with E-state index in [1.807, 2.05) is 61.5 Å². The van der Waals surface area contributed by atoms with Crippen LogP contribution in [-0.4, -0.2) is 40.8 Å². The first-order valence-electron chi connectivity index (χ1n) is 12.5. The van der Waals surface area contributed by atoms with E-state index < -0.39 is 0 Å². The summed E-state index contributed by atoms with van der Waals surface area (Å²) in [4.78, 5) is 32.8. The van der Waals surface area contributed by atoms with Gasteiger partial charge >= 0.3 is 5.97 Å². The van der Waals surface area contributed by atoms with Crippen LogP contribution >= 0.6 is 11.8 Å². The predicted octanol–water partition coefficient (Wildman–Crippen LogP) is 6.03. The second-order valence-electron chi connectivity index (χ2n) is 8.67. The normalized spacial score (nSPS) is 17.5. The van der Waals surface area contributed by atoms with Gasteiger partial charge in [-0.05, 0) is 37.5 Å². The molecule has 1 amide bonds. The molecule has 0 bridgehead atoms. The Bertz CT molecular complexity index is 1100. The van der Waals surface area contributed by atoms with Crippen LogP contribution in [0, 0.1) is 0 Å². The van der Waals surface area contributed by atoms with Crippen LogP contribution in [0.4, 0.5) is 5.69 Å². The number of ether oxygens (including phenoxy) is 1. The van der Waals surface area contributed by atoms with Crippen molar-refractivity contribution in [3.05, 3.63) is 71.3 Å². The van der Waals surface area contributed by atoms with E-state index in [-0.39, 0.29) is 17.9 Å². The molecule has 1 N–H and O–H groups in total. The number of carbonyl (C=O) groups is 2. The third-order valence-electron chi connectivity index (χ3n) is 6.13. The van der Waals surface area contributed by atoms with Gasteiger partial charge in [0.25, 0.3) is 0 Å². The molecular weight excluding hydrogens is 458 g/mol. The number of esters is 1. The Morgan fingerprint density at radius 1 is 1.09 bits per heavy atom. The zero-order valence-electron chi connectivity index (χ0n) is 20.5. The summed E-state index contributed by atoms with van der Waals surface area (Å²) >= 11 is 1.72. The number of rotatable bonds is 9. The molecule has 2 heterocycles. The summed E-state index contributed by atoms with van der Waals surface area (Å²) in [6.07, 6.45) is 4.58. The lowest BCUT2D eigenvalue weighted by Gasteiger charge is -2.41. The molecule has 1 unspecified atom stereocenters. The molecule has 1 atom stereocenters. The molecule has 1 fully saturated rings. The first-order chi connectivity index (χ1) is 17.1. The highest BCUT2D eigenvalue weighted by atomic mass is 32.2. The van der Waals surface area contributed by atoms with Gasteiger partial charge in [-0.1, -0.05) is 74.0 Å². The van der Waals surface area contributed by atoms with E-state index in [9.17, 15) is 9.59 Å². The first-order valence-corrected chi connectivity index (χ1v) is 13.5. The smallest absolute Gasteiger partial charge is 0.338 e. The number of unbranched alkanes of at least 4 members (excludes halogenated alkanes) is 2. The van der Waals surface area contributed by atoms with Crippen molar-refractivity contribution in [2.75, 3.05) is 24.2 Å². The molecule has 35 heavy (non-hydrogen) atoms. The van der Waals surface area contributed by atoms with Crippen molar-refractivity contribution in [2.24, 2.45) is 4.99 Å². The number of hydrogen-bond donors (Lipinski definition) is 1. The lowest BCUT2D eigenvalue weighted by atomic mass is 9.91. The molecule has 2 aliphatic rings. The molecule has 0 saturated carbocycles. The van der Waals surface area contributed by atoms with Gasteiger partial charge in [0.1, 0.15) is 0 Å². The Hall–Kier alpha value is -3.06. The predicted molar refractivity (Wildman–Crippen MR) is 143 cm³/mol. The zero-order chi connectivity index (χ0) is 24.6. The Kier molecular flexibility index (Phi) is 8.64. The molecule has 0 radical (unpaired) electrons. The molecule has 0 spiro atoms. The van der Waals surface area contributed by atoms with E-state index in [1.165, 1.54) is 0 Å². The van der Waals surface area contributed by atoms with Gasteiger partial charge < -0.3 is 15.0 Å². The molecule has 2 aromatic carbocycles. The summed E-state index contributed by atoms with van der Waals surface area (Å²) in [5.41, 5.74) is 3.86. The van der Waals surface area contributed by atoms with Crippen LogP contribution in [-0.2, 0) is 14.3 Å². The summed E-state index contributed by atoms with van der Waals surface area (Å²) in [7, 11) is 0. The minimum Gasteiger partial charge on any atom is -0.463 e. The Morgan fingerprint density at radius 2 is 1.86 bits per heavy atom. The zero-order valence-corrected chi connectivity index (χ0v) is 21.3. The van der Waals surface area contributed by atoms with E-state index in [0.29, 0.717) is 24.3 Å². The van der Waals surface area contributed by atoms with Crippen LogP contribution in [0.3, 0.4) is 0 Å². The number of anilines is 1. The van der Waals surface area contributed by atoms with E-state index in [2.05, 4.69) is 17.1 Å². The van der Waals surface area contributed by atoms with Gasteiger partial charge in [-0.25, -0.2) is 9.79 Å². The second-order valence-corrected chi connectivity index (χ2v) is 9.73. The van der Waals surface area contributed by atoms with Crippen LogP contribution in [0.1, 0.15) is 63.1 Å². The molecule has 4 rings (SSSR count). The van der Waals surface area contributed by atoms with Crippen LogP contribution in [0.2, 0.25) is 0 Å². The van der Waals surface area contributed by atoms with E-state index >= 15 is 0 Å². The van der Waals surface area contributed by atoms with Crippen molar-refractivity contribution in [3.8, 4) is 0 Å². The highest BCUT2D eigenvalue weighted by Crippen LogP contribution is 2.43. The molecule has 7 heteroatoms. The molecule has 1 saturated heterocycles. The van der Waals surface area contributed by atoms with E-state index in [0.717, 1.165) is 60.0 Å². The molecule has 0 aliphatic carbocycles. The summed E-state index contributed by atoms with van der Waals surface area (Å²) < 4.78 is 5.53. The topological polar surface area (TPSA) is 71.0 Å². The van der Waals surface area contributed by atoms with Crippen LogP contribution in [0.5, 0.6) is 0 Å². The summed E-state index contributed by atoms with van der Waals surface area (Å²) in [5.74, 6) is 0.689. The number of amides is 1. The SMILES string of the molecule is CCCCCC(=O)Nc1ccc(C2C(C(=O)OCC)=C(c3ccccc3)N=C3SCCCN32)cc1. The van der Waals surface area contributed by atoms with Gasteiger partial charge in [-0.2, -0.15) is 0 Å². The number of carbonyl (C=O) groups excluding carboxylic acids is 2. The minimum atomic E-state index is -0.344. The highest BCUT2D eigenvalue weighted by Gasteiger charge is 2.39. The third kappa shape index (κ3) is 5.96. The monoisotopic (exact) mass is 491 g/mol. The largest absolute Gasteiger partial charge is 0.463 e. The van der Waals surface area contributed by atoms with Crippen molar-refractivity contribution in [2.45, 2.75) is 52.0 Å². The maximum atomic E-state index is 13.3. The summed E-state index contributed by atoms with van der Waals surface area (Å²) in [6, 6.07) is 17.4. The van der Waals surface area contributed by atoms with E-state index in [1.54, 1.807) is 11.8 Å². The standard InChI is InChI=1S/C28H33N3O3S/c1-3-5-7-13-23(32)29-22-16-14-21(15-17-22)26-24(27(33)34-4-2)25(20-11-8-6-9-12-20)30-28-31(26)18-10-19-35-28/h6,8-9,11-12,14-17,26H,3-5,7,10,13,18-19H2,1-2H3,(H,29,32). The number of amidine groups is 1. The summed E-state index contributed by atoms with van der Waals surface area (Å²) in [5, 5.41) is 3.92. The first kappa shape index (κ1) is 25.0. The second kappa shape index (κ2) is 12.1.